The van der Waals surface area contributed by atoms with Crippen LogP contribution in [-0.2, 0) is 4.79 Å². The average molecular weight is 222 g/mol. The highest BCUT2D eigenvalue weighted by molar-refractivity contribution is 5.72. The number of ether oxygens (including phenoxy) is 1. The van der Waals surface area contributed by atoms with E-state index in [1.165, 1.54) is 12.5 Å². The number of carboxylic acids is 1. The Morgan fingerprint density at radius 3 is 2.38 bits per heavy atom. The van der Waals surface area contributed by atoms with Gasteiger partial charge < -0.3 is 9.84 Å². The molecule has 0 aliphatic rings. The second-order valence-corrected chi connectivity index (χ2v) is 4.28. The van der Waals surface area contributed by atoms with Crippen LogP contribution in [0.5, 0.6) is 5.75 Å². The molecule has 0 fully saturated rings. The zero-order chi connectivity index (χ0) is 12.3. The van der Waals surface area contributed by atoms with E-state index in [9.17, 15) is 4.79 Å². The van der Waals surface area contributed by atoms with E-state index in [-0.39, 0.29) is 0 Å². The lowest BCUT2D eigenvalue weighted by Crippen LogP contribution is -2.23. The zero-order valence-electron chi connectivity index (χ0n) is 10.2. The molecule has 1 aromatic rings. The van der Waals surface area contributed by atoms with Crippen molar-refractivity contribution in [3.8, 4) is 5.75 Å². The summed E-state index contributed by atoms with van der Waals surface area (Å²) in [5.74, 6) is 0.149. The molecule has 1 N–H and O–H groups in total. The molecule has 0 bridgehead atoms. The fourth-order valence-electron chi connectivity index (χ4n) is 1.40. The SMILES string of the molecule is Cc1cc(C(C)C)ccc1OC(C)C(=O)O. The second kappa shape index (κ2) is 5.01. The monoisotopic (exact) mass is 222 g/mol. The van der Waals surface area contributed by atoms with Gasteiger partial charge >= 0.3 is 5.97 Å². The standard InChI is InChI=1S/C13H18O3/c1-8(2)11-5-6-12(9(3)7-11)16-10(4)13(14)15/h5-8,10H,1-4H3,(H,14,15). The largest absolute Gasteiger partial charge is 0.479 e. The Kier molecular flexibility index (Phi) is 3.93. The number of carbonyl (C=O) groups is 1. The smallest absolute Gasteiger partial charge is 0.344 e. The summed E-state index contributed by atoms with van der Waals surface area (Å²) in [5.41, 5.74) is 2.20. The topological polar surface area (TPSA) is 46.5 Å². The molecule has 0 amide bonds. The van der Waals surface area contributed by atoms with E-state index in [4.69, 9.17) is 9.84 Å². The molecule has 1 aromatic carbocycles. The highest BCUT2D eigenvalue weighted by atomic mass is 16.5. The van der Waals surface area contributed by atoms with Crippen LogP contribution < -0.4 is 4.74 Å². The molecule has 1 rings (SSSR count). The number of rotatable bonds is 4. The molecule has 1 atom stereocenters. The first-order valence-corrected chi connectivity index (χ1v) is 5.41. The van der Waals surface area contributed by atoms with E-state index in [1.807, 2.05) is 25.1 Å². The van der Waals surface area contributed by atoms with Gasteiger partial charge in [0.05, 0.1) is 0 Å². The lowest BCUT2D eigenvalue weighted by atomic mass is 10.0. The Bertz CT molecular complexity index is 383. The third-order valence-electron chi connectivity index (χ3n) is 2.52. The molecule has 3 heteroatoms. The van der Waals surface area contributed by atoms with Gasteiger partial charge in [0.25, 0.3) is 0 Å². The number of aryl methyl sites for hydroxylation is 1. The zero-order valence-corrected chi connectivity index (χ0v) is 10.2. The fraction of sp³-hybridized carbons (Fsp3) is 0.462. The Morgan fingerprint density at radius 2 is 1.94 bits per heavy atom. The van der Waals surface area contributed by atoms with Gasteiger partial charge in [-0.25, -0.2) is 4.79 Å². The van der Waals surface area contributed by atoms with Gasteiger partial charge in [-0.15, -0.1) is 0 Å². The van der Waals surface area contributed by atoms with Crippen LogP contribution in [0.3, 0.4) is 0 Å². The minimum atomic E-state index is -0.952. The maximum atomic E-state index is 10.7. The highest BCUT2D eigenvalue weighted by Crippen LogP contribution is 2.24. The summed E-state index contributed by atoms with van der Waals surface area (Å²) in [4.78, 5) is 10.7. The number of aliphatic carboxylic acids is 1. The summed E-state index contributed by atoms with van der Waals surface area (Å²) in [6, 6.07) is 5.85. The van der Waals surface area contributed by atoms with Crippen molar-refractivity contribution < 1.29 is 14.6 Å². The third-order valence-corrected chi connectivity index (χ3v) is 2.52. The van der Waals surface area contributed by atoms with Crippen molar-refractivity contribution in [2.75, 3.05) is 0 Å². The van der Waals surface area contributed by atoms with E-state index >= 15 is 0 Å². The summed E-state index contributed by atoms with van der Waals surface area (Å²) < 4.78 is 5.34. The second-order valence-electron chi connectivity index (χ2n) is 4.28. The Labute approximate surface area is 96.1 Å². The number of carboxylic acid groups (broad SMARTS) is 1. The van der Waals surface area contributed by atoms with E-state index in [0.717, 1.165) is 5.56 Å². The van der Waals surface area contributed by atoms with Crippen LogP contribution in [0.15, 0.2) is 18.2 Å². The number of hydrogen-bond acceptors (Lipinski definition) is 2. The van der Waals surface area contributed by atoms with Crippen LogP contribution in [-0.4, -0.2) is 17.2 Å². The van der Waals surface area contributed by atoms with E-state index in [1.54, 1.807) is 0 Å². The van der Waals surface area contributed by atoms with Crippen LogP contribution in [0.25, 0.3) is 0 Å². The van der Waals surface area contributed by atoms with Crippen LogP contribution in [0.1, 0.15) is 37.8 Å². The minimum Gasteiger partial charge on any atom is -0.479 e. The third kappa shape index (κ3) is 2.99. The molecule has 0 aliphatic carbocycles. The van der Waals surface area contributed by atoms with Gasteiger partial charge in [0.2, 0.25) is 0 Å². The quantitative estimate of drug-likeness (QED) is 0.851. The maximum absolute atomic E-state index is 10.7. The first-order chi connectivity index (χ1) is 7.41. The molecule has 0 saturated heterocycles. The van der Waals surface area contributed by atoms with Crippen molar-refractivity contribution in [3.63, 3.8) is 0 Å². The summed E-state index contributed by atoms with van der Waals surface area (Å²) in [5, 5.41) is 8.75. The maximum Gasteiger partial charge on any atom is 0.344 e. The molecule has 16 heavy (non-hydrogen) atoms. The van der Waals surface area contributed by atoms with Crippen LogP contribution >= 0.6 is 0 Å². The summed E-state index contributed by atoms with van der Waals surface area (Å²) in [6.45, 7) is 7.69. The van der Waals surface area contributed by atoms with Gasteiger partial charge in [-0.2, -0.15) is 0 Å². The predicted octanol–water partition coefficient (Wildman–Crippen LogP) is 2.97. The molecule has 0 aromatic heterocycles. The van der Waals surface area contributed by atoms with Crippen LogP contribution in [0, 0.1) is 6.92 Å². The predicted molar refractivity (Wildman–Crippen MR) is 63.0 cm³/mol. The van der Waals surface area contributed by atoms with Crippen molar-refractivity contribution in [2.45, 2.75) is 39.7 Å². The van der Waals surface area contributed by atoms with Crippen molar-refractivity contribution in [2.24, 2.45) is 0 Å². The average Bonchev–Trinajstić information content (AvgIpc) is 2.20. The molecule has 0 spiro atoms. The van der Waals surface area contributed by atoms with Crippen molar-refractivity contribution in [1.82, 2.24) is 0 Å². The first-order valence-electron chi connectivity index (χ1n) is 5.41. The molecule has 0 heterocycles. The van der Waals surface area contributed by atoms with Gasteiger partial charge in [-0.3, -0.25) is 0 Å². The molecular formula is C13H18O3. The van der Waals surface area contributed by atoms with E-state index < -0.39 is 12.1 Å². The molecule has 0 radical (unpaired) electrons. The lowest BCUT2D eigenvalue weighted by molar-refractivity contribution is -0.144. The van der Waals surface area contributed by atoms with Gasteiger partial charge in [0, 0.05) is 0 Å². The van der Waals surface area contributed by atoms with Crippen molar-refractivity contribution in [1.29, 1.82) is 0 Å². The molecule has 0 aliphatic heterocycles. The molecule has 3 nitrogen and oxygen atoms in total. The van der Waals surface area contributed by atoms with Gasteiger partial charge in [0.15, 0.2) is 6.10 Å². The lowest BCUT2D eigenvalue weighted by Gasteiger charge is -2.14. The molecular weight excluding hydrogens is 204 g/mol. The summed E-state index contributed by atoms with van der Waals surface area (Å²) in [7, 11) is 0. The van der Waals surface area contributed by atoms with Gasteiger partial charge in [0.1, 0.15) is 5.75 Å². The minimum absolute atomic E-state index is 0.463. The normalized spacial score (nSPS) is 12.6. The Hall–Kier alpha value is -1.51. The number of benzene rings is 1. The van der Waals surface area contributed by atoms with Gasteiger partial charge in [-0.05, 0) is 37.0 Å². The number of hydrogen-bond donors (Lipinski definition) is 1. The van der Waals surface area contributed by atoms with E-state index in [2.05, 4.69) is 13.8 Å². The first kappa shape index (κ1) is 12.6. The van der Waals surface area contributed by atoms with E-state index in [0.29, 0.717) is 11.7 Å². The molecule has 0 saturated carbocycles. The Balaban J connectivity index is 2.87. The van der Waals surface area contributed by atoms with Gasteiger partial charge in [-0.1, -0.05) is 26.0 Å². The summed E-state index contributed by atoms with van der Waals surface area (Å²) >= 11 is 0. The van der Waals surface area contributed by atoms with Crippen molar-refractivity contribution >= 4 is 5.97 Å². The fourth-order valence-corrected chi connectivity index (χ4v) is 1.40. The molecule has 1 unspecified atom stereocenters. The highest BCUT2D eigenvalue weighted by Gasteiger charge is 2.14. The van der Waals surface area contributed by atoms with Crippen LogP contribution in [0.4, 0.5) is 0 Å². The Morgan fingerprint density at radius 1 is 1.31 bits per heavy atom. The van der Waals surface area contributed by atoms with Crippen molar-refractivity contribution in [3.05, 3.63) is 29.3 Å². The van der Waals surface area contributed by atoms with Crippen LogP contribution in [0.2, 0.25) is 0 Å². The summed E-state index contributed by atoms with van der Waals surface area (Å²) in [6.07, 6.45) is -0.816. The molecule has 88 valence electrons.